The number of ether oxygens (including phenoxy) is 1. The van der Waals surface area contributed by atoms with Crippen LogP contribution in [0.25, 0.3) is 0 Å². The molecule has 3 aromatic rings. The fourth-order valence-electron chi connectivity index (χ4n) is 11.7. The van der Waals surface area contributed by atoms with Gasteiger partial charge in [-0.1, -0.05) is 39.3 Å². The van der Waals surface area contributed by atoms with Crippen molar-refractivity contribution in [2.45, 2.75) is 97.1 Å². The fourth-order valence-corrected chi connectivity index (χ4v) is 11.9. The van der Waals surface area contributed by atoms with E-state index in [-0.39, 0.29) is 40.8 Å². The number of aliphatic hydroxyl groups excluding tert-OH is 2. The number of fused-ring (bicyclic) bond motifs is 2. The molecule has 5 heterocycles. The zero-order valence-electron chi connectivity index (χ0n) is 34.5. The maximum absolute atomic E-state index is 13.9. The number of rotatable bonds is 8. The van der Waals surface area contributed by atoms with Crippen LogP contribution in [0.1, 0.15) is 90.8 Å². The average Bonchev–Trinajstić information content (AvgIpc) is 3.71. The molecule has 5 aliphatic heterocycles. The minimum atomic E-state index is -0.937. The maximum atomic E-state index is 13.9. The number of hydrogen-bond acceptors (Lipinski definition) is 10. The molecule has 12 nitrogen and oxygen atoms in total. The van der Waals surface area contributed by atoms with E-state index in [2.05, 4.69) is 82.9 Å². The highest BCUT2D eigenvalue weighted by Crippen LogP contribution is 2.59. The van der Waals surface area contributed by atoms with Crippen molar-refractivity contribution in [2.24, 2.45) is 16.7 Å². The largest absolute Gasteiger partial charge is 0.489 e. The van der Waals surface area contributed by atoms with Gasteiger partial charge < -0.3 is 34.5 Å². The molecular weight excluding hydrogens is 766 g/mol. The van der Waals surface area contributed by atoms with Gasteiger partial charge in [0.15, 0.2) is 0 Å². The summed E-state index contributed by atoms with van der Waals surface area (Å²) in [5, 5.41) is 32.8. The van der Waals surface area contributed by atoms with Crippen molar-refractivity contribution in [3.05, 3.63) is 87.4 Å². The van der Waals surface area contributed by atoms with Crippen molar-refractivity contribution in [1.29, 1.82) is 5.26 Å². The van der Waals surface area contributed by atoms with E-state index in [1.165, 1.54) is 5.69 Å². The van der Waals surface area contributed by atoms with Gasteiger partial charge in [-0.15, -0.1) is 0 Å². The highest BCUT2D eigenvalue weighted by atomic mass is 35.5. The number of nitrogens with zero attached hydrogens (tertiary/aromatic N) is 6. The number of amides is 2. The number of nitriles is 1. The second-order valence-electron chi connectivity index (χ2n) is 18.8. The molecule has 3 aromatic carbocycles. The molecule has 4 fully saturated rings. The third-order valence-electron chi connectivity index (χ3n) is 14.3. The van der Waals surface area contributed by atoms with Gasteiger partial charge in [-0.25, -0.2) is 0 Å². The summed E-state index contributed by atoms with van der Waals surface area (Å²) < 4.78 is 6.51. The van der Waals surface area contributed by atoms with Gasteiger partial charge in [0, 0.05) is 104 Å². The Bertz CT molecular complexity index is 2160. The van der Waals surface area contributed by atoms with Crippen LogP contribution in [0.4, 0.5) is 11.4 Å². The topological polar surface area (TPSA) is 136 Å². The number of nitrogens with one attached hydrogen (secondary N) is 1. The number of hydrogen-bond donors (Lipinski definition) is 3. The second kappa shape index (κ2) is 15.3. The number of piperazine rings is 1. The van der Waals surface area contributed by atoms with Gasteiger partial charge in [-0.05, 0) is 91.3 Å². The average molecular weight is 822 g/mol. The Hall–Kier alpha value is -4.38. The molecule has 0 aromatic heterocycles. The predicted octanol–water partition coefficient (Wildman–Crippen LogP) is 5.43. The first kappa shape index (κ1) is 40.0. The molecule has 3 saturated heterocycles. The van der Waals surface area contributed by atoms with Crippen LogP contribution in [-0.4, -0.2) is 113 Å². The van der Waals surface area contributed by atoms with Gasteiger partial charge in [0.05, 0.1) is 16.6 Å². The molecule has 13 heteroatoms. The van der Waals surface area contributed by atoms with E-state index in [1.807, 2.05) is 12.1 Å². The molecular formula is C46H56ClN7O5. The van der Waals surface area contributed by atoms with Crippen LogP contribution in [0.3, 0.4) is 0 Å². The Kier molecular flexibility index (Phi) is 10.4. The Balaban J connectivity index is 0.758. The van der Waals surface area contributed by atoms with E-state index in [9.17, 15) is 25.1 Å². The summed E-state index contributed by atoms with van der Waals surface area (Å²) in [4.78, 5) is 38.5. The molecule has 0 bridgehead atoms. The number of halogens is 1. The smallest absolute Gasteiger partial charge is 0.254 e. The minimum Gasteiger partial charge on any atom is -0.489 e. The predicted molar refractivity (Wildman–Crippen MR) is 226 cm³/mol. The van der Waals surface area contributed by atoms with E-state index in [0.717, 1.165) is 81.0 Å². The zero-order chi connectivity index (χ0) is 41.4. The van der Waals surface area contributed by atoms with E-state index >= 15 is 0 Å². The highest BCUT2D eigenvalue weighted by Gasteiger charge is 2.67. The summed E-state index contributed by atoms with van der Waals surface area (Å²) in [5.41, 5.74) is 5.75. The van der Waals surface area contributed by atoms with Crippen LogP contribution in [-0.2, 0) is 13.1 Å². The van der Waals surface area contributed by atoms with E-state index < -0.39 is 12.5 Å². The lowest BCUT2D eigenvalue weighted by atomic mass is 9.49. The summed E-state index contributed by atoms with van der Waals surface area (Å²) in [6.45, 7) is 16.8. The van der Waals surface area contributed by atoms with Crippen molar-refractivity contribution >= 4 is 34.8 Å². The van der Waals surface area contributed by atoms with Crippen LogP contribution in [0.5, 0.6) is 5.75 Å². The molecule has 9 rings (SSSR count). The Labute approximate surface area is 352 Å². The number of carbonyl (C=O) groups is 2. The van der Waals surface area contributed by atoms with Gasteiger partial charge in [0.1, 0.15) is 30.4 Å². The summed E-state index contributed by atoms with van der Waals surface area (Å²) in [6, 6.07) is 19.5. The van der Waals surface area contributed by atoms with Gasteiger partial charge in [0.2, 0.25) is 0 Å². The van der Waals surface area contributed by atoms with Gasteiger partial charge in [-0.2, -0.15) is 5.26 Å². The van der Waals surface area contributed by atoms with Gasteiger partial charge in [0.25, 0.3) is 11.8 Å². The number of benzene rings is 3. The number of piperidine rings is 2. The molecule has 2 amide bonds. The first-order chi connectivity index (χ1) is 28.2. The van der Waals surface area contributed by atoms with Crippen LogP contribution in [0.2, 0.25) is 5.02 Å². The van der Waals surface area contributed by atoms with Crippen LogP contribution in [0, 0.1) is 28.1 Å². The highest BCUT2D eigenvalue weighted by molar-refractivity contribution is 6.31. The minimum absolute atomic E-state index is 0.0168. The van der Waals surface area contributed by atoms with E-state index in [4.69, 9.17) is 16.3 Å². The summed E-state index contributed by atoms with van der Waals surface area (Å²) in [7, 11) is 0. The molecule has 1 saturated carbocycles. The summed E-state index contributed by atoms with van der Waals surface area (Å²) in [6.07, 6.45) is 1.52. The second-order valence-corrected chi connectivity index (χ2v) is 19.2. The van der Waals surface area contributed by atoms with Crippen LogP contribution < -0.4 is 19.9 Å². The number of aliphatic hydroxyl groups is 2. The lowest BCUT2D eigenvalue weighted by Gasteiger charge is -2.65. The van der Waals surface area contributed by atoms with E-state index in [0.29, 0.717) is 53.7 Å². The maximum Gasteiger partial charge on any atom is 0.254 e. The van der Waals surface area contributed by atoms with Gasteiger partial charge >= 0.3 is 0 Å². The molecule has 59 heavy (non-hydrogen) atoms. The van der Waals surface area contributed by atoms with Crippen molar-refractivity contribution in [3.8, 4) is 11.8 Å². The quantitative estimate of drug-likeness (QED) is 0.270. The summed E-state index contributed by atoms with van der Waals surface area (Å²) in [5.74, 6) is 1.31. The van der Waals surface area contributed by atoms with Crippen molar-refractivity contribution < 1.29 is 24.5 Å². The molecule has 6 aliphatic rings. The van der Waals surface area contributed by atoms with Crippen molar-refractivity contribution in [2.75, 3.05) is 55.6 Å². The lowest BCUT2D eigenvalue weighted by molar-refractivity contribution is -0.199. The molecule has 0 unspecified atom stereocenters. The number of anilines is 2. The SMILES string of the molecule is CC1(C)C(Oc2ccc(C#N)c(Cl)c2)C(C)(C)C1N1Cc2cc(N3CCC(CN4CCN(c5ccc6c(c5)CN([C@@H]5CC[C@@H](O)N[C@@H]5O)C6=O)CC4)CC3)ccc2C1=O. The zero-order valence-corrected chi connectivity index (χ0v) is 35.3. The number of carbonyl (C=O) groups excluding carboxylic acids is 2. The molecule has 3 atom stereocenters. The van der Waals surface area contributed by atoms with E-state index in [1.54, 1.807) is 23.1 Å². The monoisotopic (exact) mass is 821 g/mol. The molecule has 0 radical (unpaired) electrons. The molecule has 312 valence electrons. The molecule has 1 aliphatic carbocycles. The Morgan fingerprint density at radius 1 is 0.780 bits per heavy atom. The normalized spacial score (nSPS) is 28.0. The summed E-state index contributed by atoms with van der Waals surface area (Å²) >= 11 is 6.32. The molecule has 0 spiro atoms. The Morgan fingerprint density at radius 3 is 1.97 bits per heavy atom. The fraction of sp³-hybridized carbons (Fsp3) is 0.543. The standard InChI is InChI=1S/C46H56ClN7O5/c1-45(2)43(46(3,4)44(45)59-34-8-5-29(24-48)37(47)23-34)54-27-31-22-32(6-10-36(31)42(54)58)51-15-13-28(14-16-51)25-50-17-19-52(20-18-50)33-7-9-35-30(21-33)26-53(41(35)57)38-11-12-39(55)49-40(38)56/h5-10,21-23,28,38-40,43-44,49,55-56H,11-20,25-27H2,1-4H3/t38-,39-,40-,43?,44?/m1/s1. The molecule has 3 N–H and O–H groups in total. The first-order valence-electron chi connectivity index (χ1n) is 21.3. The van der Waals surface area contributed by atoms with Crippen LogP contribution in [0.15, 0.2) is 54.6 Å². The van der Waals surface area contributed by atoms with Crippen molar-refractivity contribution in [3.63, 3.8) is 0 Å². The van der Waals surface area contributed by atoms with Crippen LogP contribution >= 0.6 is 11.6 Å². The lowest BCUT2D eigenvalue weighted by Crippen LogP contribution is -2.74. The van der Waals surface area contributed by atoms with Crippen molar-refractivity contribution in [1.82, 2.24) is 20.0 Å². The third-order valence-corrected chi connectivity index (χ3v) is 14.6. The first-order valence-corrected chi connectivity index (χ1v) is 21.7. The third kappa shape index (κ3) is 7.12. The van der Waals surface area contributed by atoms with Gasteiger partial charge in [-0.3, -0.25) is 19.8 Å². The Morgan fingerprint density at radius 2 is 1.37 bits per heavy atom.